The number of anilines is 1. The van der Waals surface area contributed by atoms with Crippen LogP contribution in [0, 0.1) is 5.82 Å². The summed E-state index contributed by atoms with van der Waals surface area (Å²) in [6.45, 7) is 0. The minimum absolute atomic E-state index is 0.161. The second-order valence-corrected chi connectivity index (χ2v) is 7.89. The van der Waals surface area contributed by atoms with Gasteiger partial charge in [0.05, 0.1) is 20.5 Å². The van der Waals surface area contributed by atoms with E-state index in [0.717, 1.165) is 27.3 Å². The molecule has 4 aromatic rings. The zero-order chi connectivity index (χ0) is 19.0. The smallest absolute Gasteiger partial charge is 0.266 e. The first-order chi connectivity index (χ1) is 13.0. The summed E-state index contributed by atoms with van der Waals surface area (Å²) in [5.41, 5.74) is 1.63. The Hall–Kier alpha value is -2.62. The van der Waals surface area contributed by atoms with Crippen molar-refractivity contribution in [2.24, 2.45) is 7.05 Å². The van der Waals surface area contributed by atoms with Crippen LogP contribution >= 0.6 is 34.3 Å². The summed E-state index contributed by atoms with van der Waals surface area (Å²) in [4.78, 5) is 21.8. The number of hydrogen-bond donors (Lipinski definition) is 1. The summed E-state index contributed by atoms with van der Waals surface area (Å²) < 4.78 is 15.6. The van der Waals surface area contributed by atoms with Gasteiger partial charge in [0, 0.05) is 24.8 Å². The number of thiophene rings is 1. The zero-order valence-electron chi connectivity index (χ0n) is 13.8. The van der Waals surface area contributed by atoms with Crippen LogP contribution in [0.1, 0.15) is 9.67 Å². The van der Waals surface area contributed by atoms with Gasteiger partial charge in [-0.3, -0.25) is 9.48 Å². The van der Waals surface area contributed by atoms with E-state index in [2.05, 4.69) is 20.4 Å². The van der Waals surface area contributed by atoms with Crippen molar-refractivity contribution < 1.29 is 9.18 Å². The summed E-state index contributed by atoms with van der Waals surface area (Å²) in [7, 11) is 1.83. The third-order valence-electron chi connectivity index (χ3n) is 3.65. The van der Waals surface area contributed by atoms with Gasteiger partial charge in [0.2, 0.25) is 0 Å². The van der Waals surface area contributed by atoms with E-state index < -0.39 is 11.7 Å². The molecular weight excluding hydrogens is 409 g/mol. The van der Waals surface area contributed by atoms with Crippen LogP contribution in [0.4, 0.5) is 10.2 Å². The van der Waals surface area contributed by atoms with E-state index in [4.69, 9.17) is 11.6 Å². The topological polar surface area (TPSA) is 72.7 Å². The van der Waals surface area contributed by atoms with Gasteiger partial charge in [0.15, 0.2) is 11.6 Å². The molecule has 0 aliphatic carbocycles. The fourth-order valence-electron chi connectivity index (χ4n) is 2.43. The van der Waals surface area contributed by atoms with Gasteiger partial charge in [-0.25, -0.2) is 14.4 Å². The highest BCUT2D eigenvalue weighted by Crippen LogP contribution is 2.32. The van der Waals surface area contributed by atoms with Gasteiger partial charge in [0.1, 0.15) is 10.7 Å². The number of aryl methyl sites for hydroxylation is 1. The molecule has 0 bridgehead atoms. The van der Waals surface area contributed by atoms with Crippen molar-refractivity contribution in [2.45, 2.75) is 0 Å². The number of nitrogens with zero attached hydrogens (tertiary/aromatic N) is 4. The lowest BCUT2D eigenvalue weighted by atomic mass is 10.3. The molecule has 10 heteroatoms. The fourth-order valence-corrected chi connectivity index (χ4v) is 4.11. The van der Waals surface area contributed by atoms with Crippen molar-refractivity contribution in [3.8, 4) is 21.3 Å². The second-order valence-electron chi connectivity index (χ2n) is 5.48. The maximum Gasteiger partial charge on any atom is 0.266 e. The summed E-state index contributed by atoms with van der Waals surface area (Å²) in [5.74, 6) is -1.29. The van der Waals surface area contributed by atoms with E-state index in [1.165, 1.54) is 28.9 Å². The lowest BCUT2D eigenvalue weighted by molar-refractivity contribution is 0.102. The van der Waals surface area contributed by atoms with Crippen molar-refractivity contribution in [1.82, 2.24) is 19.7 Å². The van der Waals surface area contributed by atoms with Gasteiger partial charge in [-0.05, 0) is 24.3 Å². The zero-order valence-corrected chi connectivity index (χ0v) is 16.2. The van der Waals surface area contributed by atoms with Crippen LogP contribution < -0.4 is 5.32 Å². The van der Waals surface area contributed by atoms with Crippen molar-refractivity contribution in [2.75, 3.05) is 5.32 Å². The molecule has 1 amide bonds. The van der Waals surface area contributed by atoms with Gasteiger partial charge < -0.3 is 5.32 Å². The highest BCUT2D eigenvalue weighted by molar-refractivity contribution is 7.17. The highest BCUT2D eigenvalue weighted by atomic mass is 35.5. The quantitative estimate of drug-likeness (QED) is 0.519. The minimum Gasteiger partial charge on any atom is -0.303 e. The van der Waals surface area contributed by atoms with Crippen LogP contribution in [0.5, 0.6) is 0 Å². The first-order valence-electron chi connectivity index (χ1n) is 7.68. The van der Waals surface area contributed by atoms with Crippen molar-refractivity contribution in [3.63, 3.8) is 0 Å². The van der Waals surface area contributed by atoms with Gasteiger partial charge in [0.25, 0.3) is 5.91 Å². The van der Waals surface area contributed by atoms with E-state index in [1.54, 1.807) is 16.9 Å². The molecule has 0 aliphatic heterocycles. The predicted octanol–water partition coefficient (Wildman–Crippen LogP) is 4.71. The summed E-state index contributed by atoms with van der Waals surface area (Å²) in [6.07, 6.45) is 3.00. The van der Waals surface area contributed by atoms with Crippen LogP contribution in [0.2, 0.25) is 5.02 Å². The van der Waals surface area contributed by atoms with Crippen LogP contribution in [0.3, 0.4) is 0 Å². The molecule has 0 fully saturated rings. The Morgan fingerprint density at radius 2 is 2.15 bits per heavy atom. The Balaban J connectivity index is 1.57. The molecular formula is C17H11ClFN5OS2. The number of aromatic nitrogens is 4. The Morgan fingerprint density at radius 3 is 2.89 bits per heavy atom. The van der Waals surface area contributed by atoms with Crippen LogP contribution in [0.25, 0.3) is 21.3 Å². The van der Waals surface area contributed by atoms with Crippen molar-refractivity contribution >= 4 is 46.0 Å². The van der Waals surface area contributed by atoms with E-state index in [-0.39, 0.29) is 10.8 Å². The first-order valence-corrected chi connectivity index (χ1v) is 9.75. The minimum atomic E-state index is -0.688. The Morgan fingerprint density at radius 1 is 1.30 bits per heavy atom. The molecule has 0 aliphatic rings. The predicted molar refractivity (Wildman–Crippen MR) is 105 cm³/mol. The summed E-state index contributed by atoms with van der Waals surface area (Å²) >= 11 is 8.46. The Bertz CT molecular complexity index is 1120. The number of amides is 1. The summed E-state index contributed by atoms with van der Waals surface area (Å²) in [5, 5.41) is 9.81. The third-order valence-corrected chi connectivity index (χ3v) is 5.76. The molecule has 4 aromatic heterocycles. The number of pyridine rings is 1. The largest absolute Gasteiger partial charge is 0.303 e. The van der Waals surface area contributed by atoms with Gasteiger partial charge in [-0.2, -0.15) is 5.10 Å². The number of thiazole rings is 1. The SMILES string of the molecule is Cn1nc(-c2nccs2)cc1-c1ccc(C(=O)Nc2ncc(Cl)cc2F)s1. The average Bonchev–Trinajstić information content (AvgIpc) is 3.36. The van der Waals surface area contributed by atoms with Crippen LogP contribution in [-0.4, -0.2) is 25.7 Å². The Kier molecular flexibility index (Phi) is 4.73. The fraction of sp³-hybridized carbons (Fsp3) is 0.0588. The molecule has 6 nitrogen and oxygen atoms in total. The van der Waals surface area contributed by atoms with E-state index >= 15 is 0 Å². The van der Waals surface area contributed by atoms with E-state index in [0.29, 0.717) is 4.88 Å². The number of rotatable bonds is 4. The molecule has 0 saturated heterocycles. The van der Waals surface area contributed by atoms with Gasteiger partial charge >= 0.3 is 0 Å². The normalized spacial score (nSPS) is 10.9. The first kappa shape index (κ1) is 17.8. The monoisotopic (exact) mass is 419 g/mol. The van der Waals surface area contributed by atoms with Gasteiger partial charge in [-0.15, -0.1) is 22.7 Å². The molecule has 4 rings (SSSR count). The molecule has 0 unspecified atom stereocenters. The standard InChI is InChI=1S/C17H11ClFN5OS2/c1-24-12(7-11(23-24)17-20-4-5-26-17)13-2-3-14(27-13)16(25)22-15-10(19)6-9(18)8-21-15/h2-8H,1H3,(H,21,22,25). The molecule has 0 saturated carbocycles. The number of nitrogens with one attached hydrogen (secondary N) is 1. The second kappa shape index (κ2) is 7.18. The lowest BCUT2D eigenvalue weighted by Crippen LogP contribution is -2.12. The maximum atomic E-state index is 13.8. The van der Waals surface area contributed by atoms with Crippen molar-refractivity contribution in [1.29, 1.82) is 0 Å². The molecule has 136 valence electrons. The maximum absolute atomic E-state index is 13.8. The van der Waals surface area contributed by atoms with Gasteiger partial charge in [-0.1, -0.05) is 11.6 Å². The molecule has 27 heavy (non-hydrogen) atoms. The number of halogens is 2. The average molecular weight is 420 g/mol. The number of carbonyl (C=O) groups excluding carboxylic acids is 1. The number of hydrogen-bond acceptors (Lipinski definition) is 6. The third kappa shape index (κ3) is 3.61. The molecule has 1 N–H and O–H groups in total. The molecule has 0 spiro atoms. The lowest BCUT2D eigenvalue weighted by Gasteiger charge is -2.04. The van der Waals surface area contributed by atoms with E-state index in [9.17, 15) is 9.18 Å². The molecule has 4 heterocycles. The number of carbonyl (C=O) groups is 1. The van der Waals surface area contributed by atoms with Crippen LogP contribution in [-0.2, 0) is 7.05 Å². The van der Waals surface area contributed by atoms with E-state index in [1.807, 2.05) is 24.6 Å². The molecule has 0 radical (unpaired) electrons. The Labute approximate surface area is 166 Å². The van der Waals surface area contributed by atoms with Crippen molar-refractivity contribution in [3.05, 3.63) is 57.8 Å². The summed E-state index contributed by atoms with van der Waals surface area (Å²) in [6, 6.07) is 6.53. The molecule has 0 aromatic carbocycles. The van der Waals surface area contributed by atoms with Crippen LogP contribution in [0.15, 0.2) is 42.0 Å². The molecule has 0 atom stereocenters. The highest BCUT2D eigenvalue weighted by Gasteiger charge is 2.17.